The number of unbranched alkanes of at least 4 members (excludes halogenated alkanes) is 7. The van der Waals surface area contributed by atoms with E-state index in [9.17, 15) is 37.9 Å². The number of hydrogen-bond acceptors (Lipinski definition) is 8. The number of benzene rings is 2. The standard InChI is InChI=1S/C49H54F3N5O5S2/c1-57(2,44-34-22-23-37(44)39(28-34)62-46(59)48(61,40-16-12-26-63-40)41-17-13-27-64-41)25-10-8-6-4-3-5-7-9-24-55-31-38-42(45(55)58)43(33-20-18-32(30-53)19-21-33)54-47(60)56(38)36-15-11-14-35(29-36)49(50,51)52/h11-21,26-27,29,34,37,39,43-44,61H,3-10,22-25,28,31H2,1-2H3/p+1/t34?,37?,39?,43-,44?/m1/s1. The van der Waals surface area contributed by atoms with Gasteiger partial charge in [-0.25, -0.2) is 9.59 Å². The Morgan fingerprint density at radius 1 is 0.906 bits per heavy atom. The third kappa shape index (κ3) is 9.12. The molecule has 338 valence electrons. The number of hydrogen-bond donors (Lipinski definition) is 2. The second-order valence-corrected chi connectivity index (χ2v) is 20.1. The van der Waals surface area contributed by atoms with Crippen LogP contribution in [-0.4, -0.2) is 78.3 Å². The van der Waals surface area contributed by atoms with Gasteiger partial charge < -0.3 is 24.5 Å². The summed E-state index contributed by atoms with van der Waals surface area (Å²) in [4.78, 5) is 45.4. The van der Waals surface area contributed by atoms with Crippen molar-refractivity contribution in [2.24, 2.45) is 11.8 Å². The van der Waals surface area contributed by atoms with E-state index in [0.717, 1.165) is 93.8 Å². The molecule has 10 nitrogen and oxygen atoms in total. The first-order valence-electron chi connectivity index (χ1n) is 22.3. The summed E-state index contributed by atoms with van der Waals surface area (Å²) < 4.78 is 48.2. The Morgan fingerprint density at radius 3 is 2.19 bits per heavy atom. The lowest BCUT2D eigenvalue weighted by atomic mass is 9.94. The van der Waals surface area contributed by atoms with E-state index in [2.05, 4.69) is 25.5 Å². The van der Waals surface area contributed by atoms with Crippen LogP contribution >= 0.6 is 22.7 Å². The third-order valence-electron chi connectivity index (χ3n) is 13.8. The summed E-state index contributed by atoms with van der Waals surface area (Å²) in [6.07, 6.45) is 6.46. The average Bonchev–Trinajstić information content (AvgIpc) is 4.14. The number of alkyl halides is 3. The van der Waals surface area contributed by atoms with Gasteiger partial charge >= 0.3 is 18.2 Å². The van der Waals surface area contributed by atoms with E-state index in [4.69, 9.17) is 4.74 Å². The van der Waals surface area contributed by atoms with Gasteiger partial charge in [-0.2, -0.15) is 18.4 Å². The van der Waals surface area contributed by atoms with Crippen LogP contribution in [0.4, 0.5) is 23.7 Å². The van der Waals surface area contributed by atoms with Gasteiger partial charge in [0, 0.05) is 18.4 Å². The SMILES string of the molecule is C[N+](C)(CCCCCCCCCCN1CC2=C(C1=O)[C@@H](c1ccc(C#N)cc1)NC(=O)N2c1cccc(C(F)(F)F)c1)C1C2CCC1C(OC(=O)C(O)(c1cccs1)c1cccs1)C2. The Labute approximate surface area is 380 Å². The molecule has 2 aliphatic heterocycles. The zero-order chi connectivity index (χ0) is 45.2. The number of halogens is 3. The van der Waals surface area contributed by atoms with Gasteiger partial charge in [0.05, 0.1) is 83.2 Å². The summed E-state index contributed by atoms with van der Waals surface area (Å²) in [6.45, 7) is 1.60. The number of anilines is 1. The number of nitriles is 1. The highest BCUT2D eigenvalue weighted by Crippen LogP contribution is 2.51. The van der Waals surface area contributed by atoms with Crippen molar-refractivity contribution in [1.82, 2.24) is 10.2 Å². The summed E-state index contributed by atoms with van der Waals surface area (Å²) in [6, 6.07) is 19.5. The first-order valence-corrected chi connectivity index (χ1v) is 24.1. The number of amides is 3. The van der Waals surface area contributed by atoms with Gasteiger partial charge in [0.1, 0.15) is 6.10 Å². The number of nitrogens with zero attached hydrogens (tertiary/aromatic N) is 4. The fraction of sp³-hybridized carbons (Fsp3) is 0.469. The summed E-state index contributed by atoms with van der Waals surface area (Å²) in [5.41, 5.74) is -0.944. The Balaban J connectivity index is 0.787. The van der Waals surface area contributed by atoms with E-state index in [-0.39, 0.29) is 30.2 Å². The molecule has 4 heterocycles. The van der Waals surface area contributed by atoms with Gasteiger partial charge in [0.15, 0.2) is 0 Å². The lowest BCUT2D eigenvalue weighted by molar-refractivity contribution is -0.919. The highest BCUT2D eigenvalue weighted by molar-refractivity contribution is 7.12. The van der Waals surface area contributed by atoms with E-state index < -0.39 is 35.4 Å². The molecule has 2 fully saturated rings. The Morgan fingerprint density at radius 2 is 1.56 bits per heavy atom. The first kappa shape index (κ1) is 45.6. The quantitative estimate of drug-likeness (QED) is 0.0583. The minimum absolute atomic E-state index is 0.0301. The summed E-state index contributed by atoms with van der Waals surface area (Å²) in [7, 11) is 4.63. The van der Waals surface area contributed by atoms with Crippen molar-refractivity contribution < 1.29 is 41.9 Å². The monoisotopic (exact) mass is 914 g/mol. The molecule has 4 unspecified atom stereocenters. The molecule has 2 saturated carbocycles. The molecule has 4 aromatic rings. The van der Waals surface area contributed by atoms with Crippen molar-refractivity contribution in [2.45, 2.75) is 101 Å². The highest BCUT2D eigenvalue weighted by Gasteiger charge is 2.58. The summed E-state index contributed by atoms with van der Waals surface area (Å²) in [5, 5.41) is 27.7. The predicted molar refractivity (Wildman–Crippen MR) is 240 cm³/mol. The minimum atomic E-state index is -4.61. The Hall–Kier alpha value is -5.01. The average molecular weight is 915 g/mol. The topological polar surface area (TPSA) is 123 Å². The maximum Gasteiger partial charge on any atom is 0.416 e. The summed E-state index contributed by atoms with van der Waals surface area (Å²) in [5.74, 6) is -0.0777. The highest BCUT2D eigenvalue weighted by atomic mass is 32.1. The molecule has 2 aliphatic carbocycles. The van der Waals surface area contributed by atoms with E-state index >= 15 is 0 Å². The van der Waals surface area contributed by atoms with Crippen LogP contribution in [0.2, 0.25) is 0 Å². The number of nitrogens with one attached hydrogen (secondary N) is 1. The molecule has 15 heteroatoms. The molecular formula is C49H55F3N5O5S2+. The second-order valence-electron chi connectivity index (χ2n) is 18.3. The van der Waals surface area contributed by atoms with Gasteiger partial charge in [-0.15, -0.1) is 22.7 Å². The van der Waals surface area contributed by atoms with Crippen LogP contribution in [0.15, 0.2) is 94.8 Å². The molecule has 2 N–H and O–H groups in total. The number of thiophene rings is 2. The maximum atomic E-state index is 14.0. The third-order valence-corrected chi connectivity index (χ3v) is 15.8. The normalized spacial score (nSPS) is 22.2. The van der Waals surface area contributed by atoms with Gasteiger partial charge in [-0.05, 0) is 97.3 Å². The smallest absolute Gasteiger partial charge is 0.416 e. The minimum Gasteiger partial charge on any atom is -0.459 e. The van der Waals surface area contributed by atoms with Gasteiger partial charge in [0.25, 0.3) is 5.91 Å². The van der Waals surface area contributed by atoms with Crippen molar-refractivity contribution >= 4 is 46.3 Å². The van der Waals surface area contributed by atoms with E-state index in [1.165, 1.54) is 39.7 Å². The number of carbonyl (C=O) groups is 3. The van der Waals surface area contributed by atoms with Crippen molar-refractivity contribution in [2.75, 3.05) is 38.6 Å². The number of quaternary nitrogens is 1. The van der Waals surface area contributed by atoms with Crippen LogP contribution in [0.5, 0.6) is 0 Å². The van der Waals surface area contributed by atoms with Crippen LogP contribution in [0, 0.1) is 23.2 Å². The molecule has 3 amide bonds. The maximum absolute atomic E-state index is 14.0. The Kier molecular flexibility index (Phi) is 13.4. The number of carbonyl (C=O) groups excluding carboxylic acids is 3. The van der Waals surface area contributed by atoms with Crippen molar-refractivity contribution in [3.63, 3.8) is 0 Å². The van der Waals surface area contributed by atoms with Crippen LogP contribution in [-0.2, 0) is 26.1 Å². The van der Waals surface area contributed by atoms with Crippen molar-refractivity contribution in [3.05, 3.63) is 121 Å². The first-order chi connectivity index (χ1) is 30.7. The molecule has 5 atom stereocenters. The largest absolute Gasteiger partial charge is 0.459 e. The lowest BCUT2D eigenvalue weighted by Crippen LogP contribution is -2.52. The van der Waals surface area contributed by atoms with Crippen molar-refractivity contribution in [1.29, 1.82) is 5.26 Å². The molecule has 2 bridgehead atoms. The van der Waals surface area contributed by atoms with E-state index in [1.54, 1.807) is 41.3 Å². The molecular weight excluding hydrogens is 860 g/mol. The van der Waals surface area contributed by atoms with Gasteiger partial charge in [-0.3, -0.25) is 9.69 Å². The van der Waals surface area contributed by atoms with Crippen LogP contribution < -0.4 is 10.2 Å². The van der Waals surface area contributed by atoms with E-state index in [1.807, 2.05) is 22.9 Å². The number of esters is 1. The molecule has 8 rings (SSSR count). The van der Waals surface area contributed by atoms with Crippen LogP contribution in [0.1, 0.15) is 103 Å². The zero-order valence-corrected chi connectivity index (χ0v) is 37.8. The molecule has 0 spiro atoms. The fourth-order valence-electron chi connectivity index (χ4n) is 10.8. The Bertz CT molecular complexity index is 2340. The van der Waals surface area contributed by atoms with Crippen molar-refractivity contribution in [3.8, 4) is 6.07 Å². The molecule has 64 heavy (non-hydrogen) atoms. The molecule has 0 radical (unpaired) electrons. The van der Waals surface area contributed by atoms with Crippen LogP contribution in [0.25, 0.3) is 0 Å². The number of urea groups is 1. The fourth-order valence-corrected chi connectivity index (χ4v) is 12.5. The second kappa shape index (κ2) is 18.8. The lowest BCUT2D eigenvalue weighted by Gasteiger charge is -2.39. The summed E-state index contributed by atoms with van der Waals surface area (Å²) >= 11 is 2.72. The molecule has 2 aromatic heterocycles. The number of fused-ring (bicyclic) bond motifs is 2. The molecule has 2 aromatic carbocycles. The predicted octanol–water partition coefficient (Wildman–Crippen LogP) is 9.91. The zero-order valence-electron chi connectivity index (χ0n) is 36.2. The number of rotatable bonds is 18. The molecule has 0 saturated heterocycles. The van der Waals surface area contributed by atoms with Gasteiger partial charge in [0.2, 0.25) is 5.60 Å². The number of ether oxygens (including phenoxy) is 1. The van der Waals surface area contributed by atoms with E-state index in [0.29, 0.717) is 50.7 Å². The van der Waals surface area contributed by atoms with Gasteiger partial charge in [-0.1, -0.05) is 62.4 Å². The molecule has 4 aliphatic rings. The van der Waals surface area contributed by atoms with Crippen LogP contribution in [0.3, 0.4) is 0 Å². The number of aliphatic hydroxyl groups is 1.